The van der Waals surface area contributed by atoms with E-state index in [1.54, 1.807) is 6.08 Å². The number of ketones is 1. The van der Waals surface area contributed by atoms with E-state index >= 15 is 0 Å². The van der Waals surface area contributed by atoms with Crippen molar-refractivity contribution in [3.05, 3.63) is 11.6 Å². The smallest absolute Gasteiger partial charge is 0.309 e. The highest BCUT2D eigenvalue weighted by molar-refractivity contribution is 5.92. The van der Waals surface area contributed by atoms with Gasteiger partial charge >= 0.3 is 5.97 Å². The maximum Gasteiger partial charge on any atom is 0.309 e. The molecule has 0 aromatic rings. The van der Waals surface area contributed by atoms with Gasteiger partial charge in [-0.1, -0.05) is 19.4 Å². The molecule has 4 fully saturated rings. The number of epoxide rings is 1. The Hall–Kier alpha value is -1.20. The van der Waals surface area contributed by atoms with Crippen LogP contribution in [-0.4, -0.2) is 40.3 Å². The number of hydrogen-bond donors (Lipinski definition) is 1. The summed E-state index contributed by atoms with van der Waals surface area (Å²) in [7, 11) is 0. The number of esters is 1. The van der Waals surface area contributed by atoms with Gasteiger partial charge in [0.15, 0.2) is 5.78 Å². The zero-order valence-electron chi connectivity index (χ0n) is 15.3. The third kappa shape index (κ3) is 1.55. The molecule has 1 N–H and O–H groups in total. The fourth-order valence-electron chi connectivity index (χ4n) is 7.28. The average molecular weight is 346 g/mol. The molecule has 5 nitrogen and oxygen atoms in total. The van der Waals surface area contributed by atoms with Crippen molar-refractivity contribution in [3.63, 3.8) is 0 Å². The van der Waals surface area contributed by atoms with Crippen LogP contribution in [-0.2, 0) is 19.1 Å². The second-order valence-electron chi connectivity index (χ2n) is 9.63. The summed E-state index contributed by atoms with van der Waals surface area (Å²) in [6, 6.07) is 0. The summed E-state index contributed by atoms with van der Waals surface area (Å²) in [5.74, 6) is 0.111. The molecule has 0 amide bonds. The van der Waals surface area contributed by atoms with E-state index in [1.807, 2.05) is 13.8 Å². The first-order valence-electron chi connectivity index (χ1n) is 9.37. The SMILES string of the molecule is CC1=CC(=O)C[C@]2(C)[C@H]3C[C@@H]4O[C@]4(C)[C@]4(O)CC(=O)O[C@H](C[C@@H]12)[C@]34C. The van der Waals surface area contributed by atoms with Crippen molar-refractivity contribution < 1.29 is 24.2 Å². The van der Waals surface area contributed by atoms with Crippen LogP contribution < -0.4 is 0 Å². The zero-order chi connectivity index (χ0) is 18.0. The number of carbonyl (C=O) groups is 2. The molecule has 0 spiro atoms. The van der Waals surface area contributed by atoms with E-state index in [0.717, 1.165) is 12.0 Å². The molecular weight excluding hydrogens is 320 g/mol. The molecule has 0 aromatic carbocycles. The Balaban J connectivity index is 1.71. The Morgan fingerprint density at radius 1 is 1.12 bits per heavy atom. The second-order valence-corrected chi connectivity index (χ2v) is 9.63. The van der Waals surface area contributed by atoms with E-state index in [4.69, 9.17) is 9.47 Å². The highest BCUT2D eigenvalue weighted by Gasteiger charge is 2.83. The number of carbonyl (C=O) groups excluding carboxylic acids is 2. The minimum absolute atomic E-state index is 0.0208. The van der Waals surface area contributed by atoms with Crippen molar-refractivity contribution in [2.24, 2.45) is 22.7 Å². The van der Waals surface area contributed by atoms with Crippen LogP contribution in [0.4, 0.5) is 0 Å². The van der Waals surface area contributed by atoms with Gasteiger partial charge in [-0.2, -0.15) is 0 Å². The van der Waals surface area contributed by atoms with E-state index in [0.29, 0.717) is 12.8 Å². The molecule has 0 radical (unpaired) electrons. The number of fused-ring (bicyclic) bond motifs is 4. The molecule has 5 rings (SSSR count). The Bertz CT molecular complexity index is 742. The molecule has 5 heteroatoms. The number of hydrogen-bond acceptors (Lipinski definition) is 5. The lowest BCUT2D eigenvalue weighted by molar-refractivity contribution is -0.283. The van der Waals surface area contributed by atoms with Crippen LogP contribution in [0.25, 0.3) is 0 Å². The highest BCUT2D eigenvalue weighted by Crippen LogP contribution is 2.74. The number of rotatable bonds is 0. The lowest BCUT2D eigenvalue weighted by Gasteiger charge is -2.67. The van der Waals surface area contributed by atoms with Crippen LogP contribution in [0.3, 0.4) is 0 Å². The molecule has 8 atom stereocenters. The predicted octanol–water partition coefficient (Wildman–Crippen LogP) is 2.16. The zero-order valence-corrected chi connectivity index (χ0v) is 15.3. The quantitative estimate of drug-likeness (QED) is 0.537. The third-order valence-corrected chi connectivity index (χ3v) is 8.71. The lowest BCUT2D eigenvalue weighted by atomic mass is 9.38. The minimum Gasteiger partial charge on any atom is -0.462 e. The van der Waals surface area contributed by atoms with Gasteiger partial charge in [-0.25, -0.2) is 0 Å². The Kier molecular flexibility index (Phi) is 2.69. The summed E-state index contributed by atoms with van der Waals surface area (Å²) in [5, 5.41) is 11.8. The van der Waals surface area contributed by atoms with E-state index in [9.17, 15) is 14.7 Å². The van der Waals surface area contributed by atoms with Crippen molar-refractivity contribution in [2.45, 2.75) is 76.8 Å². The lowest BCUT2D eigenvalue weighted by Crippen LogP contribution is -2.75. The van der Waals surface area contributed by atoms with Crippen LogP contribution in [0.2, 0.25) is 0 Å². The summed E-state index contributed by atoms with van der Waals surface area (Å²) < 4.78 is 11.8. The van der Waals surface area contributed by atoms with Crippen molar-refractivity contribution >= 4 is 11.8 Å². The normalized spacial score (nSPS) is 59.2. The van der Waals surface area contributed by atoms with Crippen LogP contribution >= 0.6 is 0 Å². The van der Waals surface area contributed by atoms with Crippen LogP contribution in [0.5, 0.6) is 0 Å². The molecule has 3 aliphatic carbocycles. The van der Waals surface area contributed by atoms with Gasteiger partial charge in [0.1, 0.15) is 17.3 Å². The molecule has 0 aromatic heterocycles. The van der Waals surface area contributed by atoms with Gasteiger partial charge in [-0.15, -0.1) is 0 Å². The van der Waals surface area contributed by atoms with Crippen molar-refractivity contribution in [2.75, 3.05) is 0 Å². The molecule has 136 valence electrons. The van der Waals surface area contributed by atoms with Crippen molar-refractivity contribution in [1.82, 2.24) is 0 Å². The minimum atomic E-state index is -1.24. The van der Waals surface area contributed by atoms with E-state index in [2.05, 4.69) is 13.8 Å². The molecule has 2 saturated heterocycles. The number of ether oxygens (including phenoxy) is 2. The monoisotopic (exact) mass is 346 g/mol. The third-order valence-electron chi connectivity index (χ3n) is 8.71. The topological polar surface area (TPSA) is 76.1 Å². The summed E-state index contributed by atoms with van der Waals surface area (Å²) in [4.78, 5) is 24.7. The van der Waals surface area contributed by atoms with Gasteiger partial charge in [0.05, 0.1) is 12.5 Å². The largest absolute Gasteiger partial charge is 0.462 e. The van der Waals surface area contributed by atoms with Crippen molar-refractivity contribution in [3.8, 4) is 0 Å². The van der Waals surface area contributed by atoms with E-state index < -0.39 is 16.6 Å². The summed E-state index contributed by atoms with van der Waals surface area (Å²) >= 11 is 0. The first kappa shape index (κ1) is 16.0. The fourth-order valence-corrected chi connectivity index (χ4v) is 7.28. The highest BCUT2D eigenvalue weighted by atomic mass is 16.6. The van der Waals surface area contributed by atoms with Crippen LogP contribution in [0, 0.1) is 22.7 Å². The maximum absolute atomic E-state index is 12.4. The van der Waals surface area contributed by atoms with Gasteiger partial charge < -0.3 is 14.6 Å². The molecule has 5 aliphatic rings. The van der Waals surface area contributed by atoms with Crippen LogP contribution in [0.1, 0.15) is 53.4 Å². The Morgan fingerprint density at radius 3 is 2.56 bits per heavy atom. The van der Waals surface area contributed by atoms with Gasteiger partial charge in [0, 0.05) is 11.8 Å². The molecule has 0 unspecified atom stereocenters. The molecule has 0 bridgehead atoms. The standard InChI is InChI=1S/C20H26O5/c1-10-5-11(21)8-17(2)12(10)6-14-18(3)13(17)7-15-19(4,25-15)20(18,23)9-16(22)24-14/h5,12-15,23H,6-9H2,1-4H3/t12-,13+,14+,15-,17-,18-,19-,20-/m0/s1. The fraction of sp³-hybridized carbons (Fsp3) is 0.800. The van der Waals surface area contributed by atoms with Gasteiger partial charge in [-0.3, -0.25) is 9.59 Å². The van der Waals surface area contributed by atoms with Gasteiger partial charge in [0.25, 0.3) is 0 Å². The van der Waals surface area contributed by atoms with Crippen molar-refractivity contribution in [1.29, 1.82) is 0 Å². The molecule has 25 heavy (non-hydrogen) atoms. The number of aliphatic hydroxyl groups is 1. The predicted molar refractivity (Wildman–Crippen MR) is 88.5 cm³/mol. The molecule has 2 heterocycles. The summed E-state index contributed by atoms with van der Waals surface area (Å²) in [5.41, 5.74) is -1.66. The van der Waals surface area contributed by atoms with Gasteiger partial charge in [0.2, 0.25) is 0 Å². The molecular formula is C20H26O5. The Morgan fingerprint density at radius 2 is 1.84 bits per heavy atom. The van der Waals surface area contributed by atoms with E-state index in [-0.39, 0.29) is 47.6 Å². The first-order chi connectivity index (χ1) is 11.6. The van der Waals surface area contributed by atoms with Crippen LogP contribution in [0.15, 0.2) is 11.6 Å². The number of allylic oxidation sites excluding steroid dienone is 2. The molecule has 2 saturated carbocycles. The first-order valence-corrected chi connectivity index (χ1v) is 9.37. The summed E-state index contributed by atoms with van der Waals surface area (Å²) in [6.45, 7) is 8.21. The Labute approximate surface area is 147 Å². The maximum atomic E-state index is 12.4. The second kappa shape index (κ2) is 4.20. The summed E-state index contributed by atoms with van der Waals surface area (Å²) in [6.07, 6.45) is 3.35. The van der Waals surface area contributed by atoms with E-state index in [1.165, 1.54) is 0 Å². The average Bonchev–Trinajstić information content (AvgIpc) is 3.16. The molecule has 2 aliphatic heterocycles. The van der Waals surface area contributed by atoms with Gasteiger partial charge in [-0.05, 0) is 50.0 Å².